The molecule has 0 aromatic heterocycles. The minimum Gasteiger partial charge on any atom is -0.502 e. The largest absolute Gasteiger partial charge is 0.502 e. The van der Waals surface area contributed by atoms with Gasteiger partial charge in [0.25, 0.3) is 0 Å². The molecular weight excluding hydrogens is 120 g/mol. The number of ether oxygens (including phenoxy) is 1. The average Bonchev–Trinajstić information content (AvgIpc) is 1.80. The molecule has 0 unspecified atom stereocenters. The molecule has 0 rings (SSSR count). The smallest absolute Gasteiger partial charge is 0.151 e. The molecule has 0 aliphatic heterocycles. The van der Waals surface area contributed by atoms with Crippen molar-refractivity contribution in [1.29, 1.82) is 0 Å². The fourth-order valence-electron chi connectivity index (χ4n) is 0.433. The van der Waals surface area contributed by atoms with Crippen LogP contribution in [0.3, 0.4) is 0 Å². The van der Waals surface area contributed by atoms with E-state index in [-0.39, 0.29) is 0 Å². The van der Waals surface area contributed by atoms with Crippen LogP contribution in [0.1, 0.15) is 12.8 Å². The first-order chi connectivity index (χ1) is 4.27. The van der Waals surface area contributed by atoms with Gasteiger partial charge < -0.3 is 14.9 Å². The maximum absolute atomic E-state index is 8.33. The Kier molecular flexibility index (Phi) is 5.26. The van der Waals surface area contributed by atoms with Gasteiger partial charge in [-0.2, -0.15) is 0 Å². The molecule has 0 saturated heterocycles. The van der Waals surface area contributed by atoms with E-state index in [2.05, 4.69) is 6.58 Å². The number of hydrogen-bond donors (Lipinski definition) is 2. The molecule has 0 atom stereocenters. The molecular formula is C6H12O3. The summed E-state index contributed by atoms with van der Waals surface area (Å²) in [7, 11) is 0. The molecule has 0 saturated carbocycles. The second-order valence-corrected chi connectivity index (χ2v) is 1.66. The van der Waals surface area contributed by atoms with Gasteiger partial charge in [0.15, 0.2) is 6.29 Å². The SMILES string of the molecule is C=COCCCC(O)O. The van der Waals surface area contributed by atoms with Gasteiger partial charge in [-0.3, -0.25) is 0 Å². The molecule has 0 spiro atoms. The van der Waals surface area contributed by atoms with Gasteiger partial charge in [-0.1, -0.05) is 6.58 Å². The predicted octanol–water partition coefficient (Wildman–Crippen LogP) is 0.237. The molecule has 0 aromatic carbocycles. The molecule has 0 aliphatic rings. The van der Waals surface area contributed by atoms with Crippen molar-refractivity contribution >= 4 is 0 Å². The number of hydrogen-bond acceptors (Lipinski definition) is 3. The van der Waals surface area contributed by atoms with Gasteiger partial charge in [-0.25, -0.2) is 0 Å². The van der Waals surface area contributed by atoms with Crippen molar-refractivity contribution in [3.63, 3.8) is 0 Å². The van der Waals surface area contributed by atoms with Crippen LogP contribution < -0.4 is 0 Å². The molecule has 0 aromatic rings. The molecule has 54 valence electrons. The summed E-state index contributed by atoms with van der Waals surface area (Å²) in [5.41, 5.74) is 0. The fourth-order valence-corrected chi connectivity index (χ4v) is 0.433. The first-order valence-electron chi connectivity index (χ1n) is 2.86. The van der Waals surface area contributed by atoms with Crippen LogP contribution in [0.5, 0.6) is 0 Å². The molecule has 3 nitrogen and oxygen atoms in total. The quantitative estimate of drug-likeness (QED) is 0.320. The fraction of sp³-hybridized carbons (Fsp3) is 0.667. The van der Waals surface area contributed by atoms with Crippen LogP contribution in [0.15, 0.2) is 12.8 Å². The third kappa shape index (κ3) is 7.46. The van der Waals surface area contributed by atoms with Crippen LogP contribution >= 0.6 is 0 Å². The van der Waals surface area contributed by atoms with Gasteiger partial charge in [-0.15, -0.1) is 0 Å². The van der Waals surface area contributed by atoms with E-state index < -0.39 is 6.29 Å². The Morgan fingerprint density at radius 2 is 2.22 bits per heavy atom. The van der Waals surface area contributed by atoms with E-state index in [4.69, 9.17) is 14.9 Å². The minimum absolute atomic E-state index is 0.355. The van der Waals surface area contributed by atoms with Crippen molar-refractivity contribution in [2.75, 3.05) is 6.61 Å². The van der Waals surface area contributed by atoms with Crippen molar-refractivity contribution in [3.8, 4) is 0 Å². The number of aliphatic hydroxyl groups excluding tert-OH is 1. The average molecular weight is 132 g/mol. The molecule has 0 radical (unpaired) electrons. The lowest BCUT2D eigenvalue weighted by molar-refractivity contribution is -0.0487. The van der Waals surface area contributed by atoms with Crippen LogP contribution in [0.4, 0.5) is 0 Å². The second kappa shape index (κ2) is 5.59. The molecule has 9 heavy (non-hydrogen) atoms. The van der Waals surface area contributed by atoms with Crippen molar-refractivity contribution in [3.05, 3.63) is 12.8 Å². The summed E-state index contributed by atoms with van der Waals surface area (Å²) in [6.07, 6.45) is 1.12. The monoisotopic (exact) mass is 132 g/mol. The molecule has 0 bridgehead atoms. The van der Waals surface area contributed by atoms with Crippen LogP contribution in [-0.4, -0.2) is 23.1 Å². The van der Waals surface area contributed by atoms with E-state index in [0.717, 1.165) is 0 Å². The highest BCUT2D eigenvalue weighted by atomic mass is 16.5. The first-order valence-corrected chi connectivity index (χ1v) is 2.86. The molecule has 0 heterocycles. The number of aliphatic hydroxyl groups is 2. The van der Waals surface area contributed by atoms with Crippen LogP contribution in [-0.2, 0) is 4.74 Å². The van der Waals surface area contributed by atoms with Crippen molar-refractivity contribution < 1.29 is 14.9 Å². The van der Waals surface area contributed by atoms with Gasteiger partial charge in [0.1, 0.15) is 0 Å². The molecule has 2 N–H and O–H groups in total. The molecule has 0 aliphatic carbocycles. The summed E-state index contributed by atoms with van der Waals surface area (Å²) >= 11 is 0. The van der Waals surface area contributed by atoms with Crippen LogP contribution in [0, 0.1) is 0 Å². The lowest BCUT2D eigenvalue weighted by Crippen LogP contribution is -2.04. The van der Waals surface area contributed by atoms with Gasteiger partial charge >= 0.3 is 0 Å². The Morgan fingerprint density at radius 3 is 2.67 bits per heavy atom. The van der Waals surface area contributed by atoms with Gasteiger partial charge in [0, 0.05) is 6.42 Å². The number of rotatable bonds is 5. The highest BCUT2D eigenvalue weighted by Crippen LogP contribution is 1.93. The third-order valence-electron chi connectivity index (χ3n) is 0.842. The normalized spacial score (nSPS) is 9.67. The molecule has 0 fully saturated rings. The lowest BCUT2D eigenvalue weighted by Gasteiger charge is -2.01. The zero-order valence-electron chi connectivity index (χ0n) is 5.29. The summed E-state index contributed by atoms with van der Waals surface area (Å²) in [4.78, 5) is 0. The van der Waals surface area contributed by atoms with E-state index in [1.54, 1.807) is 0 Å². The zero-order valence-corrected chi connectivity index (χ0v) is 5.29. The standard InChI is InChI=1S/C6H12O3/c1-2-9-5-3-4-6(7)8/h2,6-8H,1,3-5H2. The second-order valence-electron chi connectivity index (χ2n) is 1.66. The van der Waals surface area contributed by atoms with Crippen molar-refractivity contribution in [1.82, 2.24) is 0 Å². The Hall–Kier alpha value is -0.540. The highest BCUT2D eigenvalue weighted by molar-refractivity contribution is 4.49. The van der Waals surface area contributed by atoms with Gasteiger partial charge in [-0.05, 0) is 6.42 Å². The van der Waals surface area contributed by atoms with Crippen LogP contribution in [0.25, 0.3) is 0 Å². The molecule has 3 heteroatoms. The van der Waals surface area contributed by atoms with Gasteiger partial charge in [0.05, 0.1) is 12.9 Å². The Labute approximate surface area is 54.6 Å². The van der Waals surface area contributed by atoms with Crippen molar-refractivity contribution in [2.24, 2.45) is 0 Å². The summed E-state index contributed by atoms with van der Waals surface area (Å²) < 4.78 is 4.73. The van der Waals surface area contributed by atoms with E-state index in [9.17, 15) is 0 Å². The summed E-state index contributed by atoms with van der Waals surface area (Å²) in [5.74, 6) is 0. The molecule has 0 amide bonds. The highest BCUT2D eigenvalue weighted by Gasteiger charge is 1.94. The van der Waals surface area contributed by atoms with Crippen LogP contribution in [0.2, 0.25) is 0 Å². The maximum Gasteiger partial charge on any atom is 0.151 e. The Morgan fingerprint density at radius 1 is 1.56 bits per heavy atom. The van der Waals surface area contributed by atoms with E-state index >= 15 is 0 Å². The summed E-state index contributed by atoms with van der Waals surface area (Å²) in [6, 6.07) is 0. The van der Waals surface area contributed by atoms with E-state index in [0.29, 0.717) is 19.4 Å². The summed E-state index contributed by atoms with van der Waals surface area (Å²) in [6.45, 7) is 3.83. The first kappa shape index (κ1) is 8.46. The van der Waals surface area contributed by atoms with E-state index in [1.165, 1.54) is 6.26 Å². The van der Waals surface area contributed by atoms with Crippen molar-refractivity contribution in [2.45, 2.75) is 19.1 Å². The topological polar surface area (TPSA) is 49.7 Å². The predicted molar refractivity (Wildman–Crippen MR) is 33.6 cm³/mol. The maximum atomic E-state index is 8.33. The third-order valence-corrected chi connectivity index (χ3v) is 0.842. The zero-order chi connectivity index (χ0) is 7.11. The Balaban J connectivity index is 2.82. The van der Waals surface area contributed by atoms with E-state index in [1.807, 2.05) is 0 Å². The Bertz CT molecular complexity index is 70.7. The summed E-state index contributed by atoms with van der Waals surface area (Å²) in [5, 5.41) is 16.7. The van der Waals surface area contributed by atoms with Gasteiger partial charge in [0.2, 0.25) is 0 Å². The minimum atomic E-state index is -1.21. The lowest BCUT2D eigenvalue weighted by atomic mass is 10.3.